The molecule has 3 heteroatoms. The van der Waals surface area contributed by atoms with Gasteiger partial charge in [-0.05, 0) is 25.9 Å². The maximum Gasteiger partial charge on any atom is 0.356 e. The van der Waals surface area contributed by atoms with Gasteiger partial charge in [-0.25, -0.2) is 9.90 Å². The second-order valence-corrected chi connectivity index (χ2v) is 3.02. The topological polar surface area (TPSA) is 40.2 Å². The second kappa shape index (κ2) is 4.34. The van der Waals surface area contributed by atoms with Crippen molar-refractivity contribution in [1.29, 1.82) is 0 Å². The highest BCUT2D eigenvalue weighted by Crippen LogP contribution is 2.08. The Balaban J connectivity index is 2.09. The first-order valence-corrected chi connectivity index (χ1v) is 4.21. The minimum Gasteiger partial charge on any atom is -0.303 e. The van der Waals surface area contributed by atoms with Crippen molar-refractivity contribution < 1.29 is 9.90 Å². The Kier molecular flexibility index (Phi) is 3.36. The quantitative estimate of drug-likeness (QED) is 0.607. The van der Waals surface area contributed by atoms with Crippen LogP contribution in [0.25, 0.3) is 0 Å². The molecule has 0 atom stereocenters. The van der Waals surface area contributed by atoms with Gasteiger partial charge in [-0.3, -0.25) is 0 Å². The molecule has 0 unspecified atom stereocenters. The first kappa shape index (κ1) is 8.53. The maximum atomic E-state index is 10.1. The van der Waals surface area contributed by atoms with Crippen molar-refractivity contribution in [1.82, 2.24) is 4.90 Å². The van der Waals surface area contributed by atoms with Crippen molar-refractivity contribution in [2.75, 3.05) is 19.6 Å². The zero-order chi connectivity index (χ0) is 8.10. The number of likely N-dealkylation sites (tertiary alicyclic amines) is 1. The van der Waals surface area contributed by atoms with Crippen LogP contribution in [0.3, 0.4) is 0 Å². The summed E-state index contributed by atoms with van der Waals surface area (Å²) in [5.74, 6) is -0.935. The zero-order valence-corrected chi connectivity index (χ0v) is 6.71. The third-order valence-electron chi connectivity index (χ3n) is 2.08. The fourth-order valence-electron chi connectivity index (χ4n) is 1.43. The third kappa shape index (κ3) is 3.37. The summed E-state index contributed by atoms with van der Waals surface area (Å²) < 4.78 is 0. The van der Waals surface area contributed by atoms with Crippen molar-refractivity contribution in [3.63, 3.8) is 0 Å². The molecular weight excluding hydrogens is 142 g/mol. The van der Waals surface area contributed by atoms with E-state index in [1.165, 1.54) is 19.3 Å². The van der Waals surface area contributed by atoms with Gasteiger partial charge in [0.25, 0.3) is 0 Å². The minimum atomic E-state index is -0.935. The summed E-state index contributed by atoms with van der Waals surface area (Å²) in [5.41, 5.74) is 0. The van der Waals surface area contributed by atoms with Gasteiger partial charge in [-0.2, -0.15) is 0 Å². The lowest BCUT2D eigenvalue weighted by Gasteiger charge is -2.25. The Labute approximate surface area is 67.0 Å². The Morgan fingerprint density at radius 1 is 1.18 bits per heavy atom. The molecule has 1 aliphatic heterocycles. The van der Waals surface area contributed by atoms with Crippen LogP contribution in [0.5, 0.6) is 0 Å². The van der Waals surface area contributed by atoms with Crippen LogP contribution in [-0.4, -0.2) is 30.5 Å². The average Bonchev–Trinajstić information content (AvgIpc) is 2.03. The highest BCUT2D eigenvalue weighted by atomic mass is 16.4. The predicted octanol–water partition coefficient (Wildman–Crippen LogP) is 0.820. The molecule has 11 heavy (non-hydrogen) atoms. The number of piperidine rings is 1. The SMILES string of the molecule is [O]C(=O)CCN1CCCCC1. The van der Waals surface area contributed by atoms with E-state index in [2.05, 4.69) is 4.90 Å². The Bertz CT molecular complexity index is 130. The predicted molar refractivity (Wildman–Crippen MR) is 40.6 cm³/mol. The summed E-state index contributed by atoms with van der Waals surface area (Å²) in [6.07, 6.45) is 3.90. The van der Waals surface area contributed by atoms with Crippen LogP contribution in [0.2, 0.25) is 0 Å². The summed E-state index contributed by atoms with van der Waals surface area (Å²) in [7, 11) is 0. The standard InChI is InChI=1S/C8H14NO2/c10-8(11)4-7-9-5-2-1-3-6-9/h1-7H2. The molecule has 1 radical (unpaired) electrons. The van der Waals surface area contributed by atoms with Crippen LogP contribution >= 0.6 is 0 Å². The van der Waals surface area contributed by atoms with Crippen LogP contribution in [0.4, 0.5) is 0 Å². The van der Waals surface area contributed by atoms with Gasteiger partial charge >= 0.3 is 5.97 Å². The van der Waals surface area contributed by atoms with Crippen LogP contribution in [0, 0.1) is 0 Å². The van der Waals surface area contributed by atoms with E-state index in [4.69, 9.17) is 0 Å². The Morgan fingerprint density at radius 3 is 2.36 bits per heavy atom. The molecule has 0 saturated carbocycles. The number of carbonyl (C=O) groups excluding carboxylic acids is 1. The van der Waals surface area contributed by atoms with Crippen molar-refractivity contribution in [2.45, 2.75) is 25.7 Å². The molecule has 0 bridgehead atoms. The molecule has 0 aromatic rings. The number of rotatable bonds is 3. The minimum absolute atomic E-state index is 0.181. The highest BCUT2D eigenvalue weighted by molar-refractivity contribution is 5.66. The molecule has 0 aliphatic carbocycles. The first-order valence-electron chi connectivity index (χ1n) is 4.21. The molecule has 63 valence electrons. The van der Waals surface area contributed by atoms with Gasteiger partial charge < -0.3 is 4.90 Å². The summed E-state index contributed by atoms with van der Waals surface area (Å²) in [6.45, 7) is 2.79. The fourth-order valence-corrected chi connectivity index (χ4v) is 1.43. The van der Waals surface area contributed by atoms with Crippen LogP contribution in [0.15, 0.2) is 0 Å². The van der Waals surface area contributed by atoms with E-state index < -0.39 is 5.97 Å². The normalized spacial score (nSPS) is 20.0. The van der Waals surface area contributed by atoms with Crippen molar-refractivity contribution in [2.24, 2.45) is 0 Å². The lowest BCUT2D eigenvalue weighted by molar-refractivity contribution is -0.143. The zero-order valence-electron chi connectivity index (χ0n) is 6.71. The van der Waals surface area contributed by atoms with Gasteiger partial charge in [0.2, 0.25) is 0 Å². The van der Waals surface area contributed by atoms with Crippen LogP contribution in [-0.2, 0) is 9.90 Å². The molecule has 0 aromatic heterocycles. The lowest BCUT2D eigenvalue weighted by Crippen LogP contribution is -2.31. The molecule has 1 heterocycles. The first-order chi connectivity index (χ1) is 5.29. The Hall–Kier alpha value is -0.570. The Morgan fingerprint density at radius 2 is 1.82 bits per heavy atom. The van der Waals surface area contributed by atoms with Gasteiger partial charge in [0.1, 0.15) is 0 Å². The summed E-state index contributed by atoms with van der Waals surface area (Å²) in [5, 5.41) is 10.1. The molecule has 1 fully saturated rings. The molecule has 1 aliphatic rings. The van der Waals surface area contributed by atoms with Gasteiger partial charge in [-0.15, -0.1) is 0 Å². The third-order valence-corrected chi connectivity index (χ3v) is 2.08. The smallest absolute Gasteiger partial charge is 0.303 e. The summed E-state index contributed by atoms with van der Waals surface area (Å²) in [6, 6.07) is 0. The van der Waals surface area contributed by atoms with E-state index >= 15 is 0 Å². The van der Waals surface area contributed by atoms with Crippen molar-refractivity contribution >= 4 is 5.97 Å². The number of hydrogen-bond donors (Lipinski definition) is 0. The molecule has 1 rings (SSSR count). The van der Waals surface area contributed by atoms with Crippen LogP contribution < -0.4 is 0 Å². The van der Waals surface area contributed by atoms with E-state index in [-0.39, 0.29) is 6.42 Å². The van der Waals surface area contributed by atoms with E-state index in [0.717, 1.165) is 13.1 Å². The molecule has 3 nitrogen and oxygen atoms in total. The molecular formula is C8H14NO2. The van der Waals surface area contributed by atoms with E-state index in [1.54, 1.807) is 0 Å². The number of hydrogen-bond acceptors (Lipinski definition) is 2. The van der Waals surface area contributed by atoms with E-state index in [1.807, 2.05) is 0 Å². The number of nitrogens with zero attached hydrogens (tertiary/aromatic N) is 1. The van der Waals surface area contributed by atoms with Crippen molar-refractivity contribution in [3.05, 3.63) is 0 Å². The lowest BCUT2D eigenvalue weighted by atomic mass is 10.1. The molecule has 0 aromatic carbocycles. The molecule has 0 amide bonds. The monoisotopic (exact) mass is 156 g/mol. The second-order valence-electron chi connectivity index (χ2n) is 3.02. The molecule has 0 N–H and O–H groups in total. The van der Waals surface area contributed by atoms with Crippen LogP contribution in [0.1, 0.15) is 25.7 Å². The summed E-state index contributed by atoms with van der Waals surface area (Å²) >= 11 is 0. The van der Waals surface area contributed by atoms with Crippen molar-refractivity contribution in [3.8, 4) is 0 Å². The van der Waals surface area contributed by atoms with Gasteiger partial charge in [0, 0.05) is 6.54 Å². The van der Waals surface area contributed by atoms with Gasteiger partial charge in [0.15, 0.2) is 0 Å². The fraction of sp³-hybridized carbons (Fsp3) is 0.875. The largest absolute Gasteiger partial charge is 0.356 e. The highest BCUT2D eigenvalue weighted by Gasteiger charge is 2.11. The maximum absolute atomic E-state index is 10.1. The molecule has 0 spiro atoms. The van der Waals surface area contributed by atoms with Gasteiger partial charge in [0.05, 0.1) is 6.42 Å². The van der Waals surface area contributed by atoms with E-state index in [0.29, 0.717) is 6.54 Å². The summed E-state index contributed by atoms with van der Waals surface area (Å²) in [4.78, 5) is 12.3. The average molecular weight is 156 g/mol. The number of carbonyl (C=O) groups is 1. The molecule has 1 saturated heterocycles. The van der Waals surface area contributed by atoms with E-state index in [9.17, 15) is 9.90 Å². The van der Waals surface area contributed by atoms with Gasteiger partial charge in [-0.1, -0.05) is 6.42 Å².